The van der Waals surface area contributed by atoms with Crippen molar-refractivity contribution in [3.05, 3.63) is 16.1 Å². The molecule has 0 saturated carbocycles. The molecule has 5 nitrogen and oxygen atoms in total. The minimum Gasteiger partial charge on any atom is -0.375 e. The SMILES string of the molecule is CC1CN(C(=O)c2csc(CN)n2)C(C)CO1. The van der Waals surface area contributed by atoms with E-state index in [0.29, 0.717) is 25.4 Å². The van der Waals surface area contributed by atoms with Gasteiger partial charge in [0.2, 0.25) is 0 Å². The van der Waals surface area contributed by atoms with Crippen molar-refractivity contribution in [1.29, 1.82) is 0 Å². The summed E-state index contributed by atoms with van der Waals surface area (Å²) < 4.78 is 5.50. The van der Waals surface area contributed by atoms with Gasteiger partial charge in [-0.15, -0.1) is 11.3 Å². The summed E-state index contributed by atoms with van der Waals surface area (Å²) in [7, 11) is 0. The van der Waals surface area contributed by atoms with E-state index in [4.69, 9.17) is 10.5 Å². The Balaban J connectivity index is 2.12. The van der Waals surface area contributed by atoms with Gasteiger partial charge in [0.05, 0.1) is 18.8 Å². The second-order valence-corrected chi connectivity index (χ2v) is 5.22. The Labute approximate surface area is 105 Å². The largest absolute Gasteiger partial charge is 0.375 e. The van der Waals surface area contributed by atoms with Crippen LogP contribution in [-0.4, -0.2) is 41.1 Å². The lowest BCUT2D eigenvalue weighted by atomic mass is 10.2. The average molecular weight is 255 g/mol. The molecule has 2 unspecified atom stereocenters. The highest BCUT2D eigenvalue weighted by atomic mass is 32.1. The third-order valence-electron chi connectivity index (χ3n) is 2.81. The van der Waals surface area contributed by atoms with Crippen LogP contribution in [0.5, 0.6) is 0 Å². The number of carbonyl (C=O) groups excluding carboxylic acids is 1. The number of nitrogens with two attached hydrogens (primary N) is 1. The van der Waals surface area contributed by atoms with Crippen molar-refractivity contribution in [3.8, 4) is 0 Å². The molecule has 2 rings (SSSR count). The molecular weight excluding hydrogens is 238 g/mol. The fourth-order valence-electron chi connectivity index (χ4n) is 1.84. The van der Waals surface area contributed by atoms with E-state index in [1.165, 1.54) is 11.3 Å². The predicted molar refractivity (Wildman–Crippen MR) is 65.9 cm³/mol. The van der Waals surface area contributed by atoms with Gasteiger partial charge in [-0.25, -0.2) is 4.98 Å². The van der Waals surface area contributed by atoms with Gasteiger partial charge in [0.25, 0.3) is 5.91 Å². The molecule has 1 aliphatic heterocycles. The average Bonchev–Trinajstić information content (AvgIpc) is 2.80. The molecule has 2 atom stereocenters. The highest BCUT2D eigenvalue weighted by molar-refractivity contribution is 7.09. The number of nitrogens with zero attached hydrogens (tertiary/aromatic N) is 2. The molecule has 1 saturated heterocycles. The predicted octanol–water partition coefficient (Wildman–Crippen LogP) is 0.851. The maximum atomic E-state index is 12.3. The molecule has 1 aromatic heterocycles. The summed E-state index contributed by atoms with van der Waals surface area (Å²) in [5.41, 5.74) is 5.99. The van der Waals surface area contributed by atoms with Crippen LogP contribution < -0.4 is 5.73 Å². The quantitative estimate of drug-likeness (QED) is 0.850. The van der Waals surface area contributed by atoms with Gasteiger partial charge in [-0.1, -0.05) is 0 Å². The molecule has 1 amide bonds. The van der Waals surface area contributed by atoms with Crippen LogP contribution in [0.2, 0.25) is 0 Å². The van der Waals surface area contributed by atoms with Gasteiger partial charge in [0.1, 0.15) is 10.7 Å². The van der Waals surface area contributed by atoms with E-state index in [2.05, 4.69) is 4.98 Å². The monoisotopic (exact) mass is 255 g/mol. The smallest absolute Gasteiger partial charge is 0.273 e. The minimum absolute atomic E-state index is 0.0244. The molecule has 2 heterocycles. The fraction of sp³-hybridized carbons (Fsp3) is 0.636. The molecule has 2 N–H and O–H groups in total. The molecule has 0 aromatic carbocycles. The minimum atomic E-state index is -0.0244. The van der Waals surface area contributed by atoms with Crippen LogP contribution in [-0.2, 0) is 11.3 Å². The summed E-state index contributed by atoms with van der Waals surface area (Å²) in [5.74, 6) is -0.0244. The lowest BCUT2D eigenvalue weighted by Crippen LogP contribution is -2.50. The number of amides is 1. The van der Waals surface area contributed by atoms with Crippen molar-refractivity contribution >= 4 is 17.2 Å². The van der Waals surface area contributed by atoms with Crippen molar-refractivity contribution in [2.45, 2.75) is 32.5 Å². The van der Waals surface area contributed by atoms with E-state index in [-0.39, 0.29) is 18.1 Å². The number of carbonyl (C=O) groups is 1. The topological polar surface area (TPSA) is 68.5 Å². The van der Waals surface area contributed by atoms with Crippen molar-refractivity contribution in [2.24, 2.45) is 5.73 Å². The van der Waals surface area contributed by atoms with Crippen LogP contribution in [0.1, 0.15) is 29.3 Å². The van der Waals surface area contributed by atoms with E-state index in [1.807, 2.05) is 18.7 Å². The van der Waals surface area contributed by atoms with Gasteiger partial charge in [-0.2, -0.15) is 0 Å². The first kappa shape index (κ1) is 12.5. The summed E-state index contributed by atoms with van der Waals surface area (Å²) in [4.78, 5) is 18.3. The van der Waals surface area contributed by atoms with Gasteiger partial charge in [-0.3, -0.25) is 4.79 Å². The summed E-state index contributed by atoms with van der Waals surface area (Å²) in [6, 6.07) is 0.0988. The highest BCUT2D eigenvalue weighted by Crippen LogP contribution is 2.17. The van der Waals surface area contributed by atoms with E-state index in [9.17, 15) is 4.79 Å². The zero-order valence-electron chi connectivity index (χ0n) is 10.0. The molecule has 17 heavy (non-hydrogen) atoms. The number of rotatable bonds is 2. The Bertz CT molecular complexity index is 407. The van der Waals surface area contributed by atoms with Crippen molar-refractivity contribution < 1.29 is 9.53 Å². The van der Waals surface area contributed by atoms with Gasteiger partial charge in [-0.05, 0) is 13.8 Å². The first-order chi connectivity index (χ1) is 8.11. The molecule has 0 bridgehead atoms. The normalized spacial score (nSPS) is 25.0. The number of aromatic nitrogens is 1. The molecule has 1 aromatic rings. The summed E-state index contributed by atoms with van der Waals surface area (Å²) in [5, 5.41) is 2.57. The van der Waals surface area contributed by atoms with Crippen molar-refractivity contribution in [2.75, 3.05) is 13.2 Å². The molecule has 0 spiro atoms. The fourth-order valence-corrected chi connectivity index (χ4v) is 2.48. The van der Waals surface area contributed by atoms with Crippen LogP contribution >= 0.6 is 11.3 Å². The van der Waals surface area contributed by atoms with Crippen LogP contribution in [0.3, 0.4) is 0 Å². The van der Waals surface area contributed by atoms with Gasteiger partial charge < -0.3 is 15.4 Å². The number of thiazole rings is 1. The number of morpholine rings is 1. The second-order valence-electron chi connectivity index (χ2n) is 4.28. The number of ether oxygens (including phenoxy) is 1. The van der Waals surface area contributed by atoms with Gasteiger partial charge in [0, 0.05) is 18.5 Å². The van der Waals surface area contributed by atoms with Crippen LogP contribution in [0.4, 0.5) is 0 Å². The summed E-state index contributed by atoms with van der Waals surface area (Å²) in [6.45, 7) is 5.54. The Morgan fingerprint density at radius 3 is 3.12 bits per heavy atom. The highest BCUT2D eigenvalue weighted by Gasteiger charge is 2.29. The van der Waals surface area contributed by atoms with Crippen molar-refractivity contribution in [3.63, 3.8) is 0 Å². The molecular formula is C11H17N3O2S. The standard InChI is InChI=1S/C11H17N3O2S/c1-7-5-16-8(2)4-14(7)11(15)9-6-17-10(3-12)13-9/h6-8H,3-5,12H2,1-2H3. The number of hydrogen-bond acceptors (Lipinski definition) is 5. The molecule has 1 fully saturated rings. The molecule has 0 aliphatic carbocycles. The third kappa shape index (κ3) is 2.65. The van der Waals surface area contributed by atoms with Crippen LogP contribution in [0.15, 0.2) is 5.38 Å². The molecule has 94 valence electrons. The maximum Gasteiger partial charge on any atom is 0.273 e. The molecule has 0 radical (unpaired) electrons. The molecule has 1 aliphatic rings. The van der Waals surface area contributed by atoms with E-state index in [0.717, 1.165) is 5.01 Å². The van der Waals surface area contributed by atoms with Crippen LogP contribution in [0.25, 0.3) is 0 Å². The van der Waals surface area contributed by atoms with E-state index >= 15 is 0 Å². The Morgan fingerprint density at radius 1 is 1.71 bits per heavy atom. The zero-order chi connectivity index (χ0) is 12.4. The van der Waals surface area contributed by atoms with E-state index in [1.54, 1.807) is 5.38 Å². The summed E-state index contributed by atoms with van der Waals surface area (Å²) >= 11 is 1.43. The van der Waals surface area contributed by atoms with Crippen LogP contribution in [0, 0.1) is 0 Å². The van der Waals surface area contributed by atoms with Gasteiger partial charge in [0.15, 0.2) is 0 Å². The van der Waals surface area contributed by atoms with Crippen molar-refractivity contribution in [1.82, 2.24) is 9.88 Å². The Hall–Kier alpha value is -0.980. The van der Waals surface area contributed by atoms with Gasteiger partial charge >= 0.3 is 0 Å². The zero-order valence-corrected chi connectivity index (χ0v) is 10.9. The first-order valence-corrected chi connectivity index (χ1v) is 6.56. The Morgan fingerprint density at radius 2 is 2.47 bits per heavy atom. The number of hydrogen-bond donors (Lipinski definition) is 1. The lowest BCUT2D eigenvalue weighted by Gasteiger charge is -2.36. The summed E-state index contributed by atoms with van der Waals surface area (Å²) in [6.07, 6.45) is 0.0859. The molecule has 6 heteroatoms. The lowest BCUT2D eigenvalue weighted by molar-refractivity contribution is -0.0388. The van der Waals surface area contributed by atoms with E-state index < -0.39 is 0 Å². The second kappa shape index (κ2) is 5.12. The third-order valence-corrected chi connectivity index (χ3v) is 3.69. The first-order valence-electron chi connectivity index (χ1n) is 5.69. The Kier molecular flexibility index (Phi) is 3.76. The maximum absolute atomic E-state index is 12.3.